The molecule has 0 aromatic heterocycles. The van der Waals surface area contributed by atoms with E-state index in [0.29, 0.717) is 25.1 Å². The molecule has 6 heteroatoms. The second-order valence-electron chi connectivity index (χ2n) is 10.2. The van der Waals surface area contributed by atoms with Gasteiger partial charge in [-0.2, -0.15) is 0 Å². The molecular formula is C33H41N3O3. The highest BCUT2D eigenvalue weighted by atomic mass is 16.5. The predicted molar refractivity (Wildman–Crippen MR) is 160 cm³/mol. The summed E-state index contributed by atoms with van der Waals surface area (Å²) in [4.78, 5) is 15.5. The highest BCUT2D eigenvalue weighted by Gasteiger charge is 2.30. The van der Waals surface area contributed by atoms with Gasteiger partial charge >= 0.3 is 0 Å². The van der Waals surface area contributed by atoms with Gasteiger partial charge in [0.15, 0.2) is 0 Å². The second kappa shape index (κ2) is 12.9. The molecule has 1 amide bonds. The molecule has 4 rings (SSSR count). The Morgan fingerprint density at radius 1 is 0.949 bits per heavy atom. The van der Waals surface area contributed by atoms with Crippen LogP contribution in [-0.4, -0.2) is 37.3 Å². The SMILES string of the molecule is CCN(CC)c1ccc(NC2C=C(C(=O)NCCCOc3ccc(C)cc3C)C(O)c3ccccc32)c(C)c1. The number of carbonyl (C=O) groups excluding carboxylic acids is 1. The standard InChI is InChI=1S/C33H41N3O3/c1-6-36(7-2)25-14-15-29(23(4)20-25)35-30-21-28(32(37)27-12-9-8-11-26(27)30)33(38)34-17-10-18-39-31-16-13-22(3)19-24(31)5/h8-9,11-16,19-21,30,32,35,37H,6-7,10,17-18H2,1-5H3,(H,34,38). The normalized spacial score (nSPS) is 16.2. The zero-order valence-corrected chi connectivity index (χ0v) is 23.8. The number of nitrogens with one attached hydrogen (secondary N) is 2. The van der Waals surface area contributed by atoms with Crippen LogP contribution in [0.5, 0.6) is 5.75 Å². The van der Waals surface area contributed by atoms with Crippen LogP contribution in [0.3, 0.4) is 0 Å². The number of hydrogen-bond donors (Lipinski definition) is 3. The summed E-state index contributed by atoms with van der Waals surface area (Å²) in [7, 11) is 0. The number of anilines is 2. The van der Waals surface area contributed by atoms with Gasteiger partial charge in [0.1, 0.15) is 11.9 Å². The zero-order valence-electron chi connectivity index (χ0n) is 23.8. The van der Waals surface area contributed by atoms with E-state index in [1.807, 2.05) is 49.4 Å². The highest BCUT2D eigenvalue weighted by Crippen LogP contribution is 2.38. The first-order chi connectivity index (χ1) is 18.8. The number of benzene rings is 3. The number of rotatable bonds is 11. The summed E-state index contributed by atoms with van der Waals surface area (Å²) in [5.74, 6) is 0.604. The molecule has 0 aliphatic heterocycles. The van der Waals surface area contributed by atoms with Gasteiger partial charge in [-0.05, 0) is 93.6 Å². The molecule has 6 nitrogen and oxygen atoms in total. The first kappa shape index (κ1) is 28.2. The molecule has 3 aromatic rings. The fourth-order valence-electron chi connectivity index (χ4n) is 5.17. The molecule has 1 aliphatic carbocycles. The van der Waals surface area contributed by atoms with Gasteiger partial charge in [0.05, 0.1) is 12.6 Å². The van der Waals surface area contributed by atoms with Gasteiger partial charge in [-0.3, -0.25) is 4.79 Å². The Bertz CT molecular complexity index is 1330. The summed E-state index contributed by atoms with van der Waals surface area (Å²) in [5, 5.41) is 17.7. The molecule has 0 bridgehead atoms. The van der Waals surface area contributed by atoms with Crippen LogP contribution < -0.4 is 20.3 Å². The lowest BCUT2D eigenvalue weighted by Crippen LogP contribution is -2.32. The number of hydrogen-bond acceptors (Lipinski definition) is 5. The van der Waals surface area contributed by atoms with Gasteiger partial charge in [-0.1, -0.05) is 42.0 Å². The summed E-state index contributed by atoms with van der Waals surface area (Å²) in [6.07, 6.45) is 1.54. The number of ether oxygens (including phenoxy) is 1. The predicted octanol–water partition coefficient (Wildman–Crippen LogP) is 6.17. The fourth-order valence-corrected chi connectivity index (χ4v) is 5.17. The van der Waals surface area contributed by atoms with E-state index >= 15 is 0 Å². The molecule has 206 valence electrons. The molecule has 0 spiro atoms. The maximum absolute atomic E-state index is 13.2. The molecule has 0 fully saturated rings. The monoisotopic (exact) mass is 527 g/mol. The summed E-state index contributed by atoms with van der Waals surface area (Å²) in [5.41, 5.74) is 7.71. The van der Waals surface area contributed by atoms with E-state index in [0.717, 1.165) is 46.8 Å². The van der Waals surface area contributed by atoms with Crippen LogP contribution in [0.2, 0.25) is 0 Å². The molecule has 0 saturated heterocycles. The topological polar surface area (TPSA) is 73.8 Å². The Hall–Kier alpha value is -3.77. The van der Waals surface area contributed by atoms with Crippen LogP contribution >= 0.6 is 0 Å². The summed E-state index contributed by atoms with van der Waals surface area (Å²) >= 11 is 0. The lowest BCUT2D eigenvalue weighted by molar-refractivity contribution is -0.118. The minimum Gasteiger partial charge on any atom is -0.493 e. The van der Waals surface area contributed by atoms with Crippen LogP contribution in [0, 0.1) is 20.8 Å². The van der Waals surface area contributed by atoms with Crippen molar-refractivity contribution in [2.24, 2.45) is 0 Å². The number of fused-ring (bicyclic) bond motifs is 1. The van der Waals surface area contributed by atoms with Crippen LogP contribution in [0.4, 0.5) is 11.4 Å². The Labute approximate surface area is 232 Å². The third kappa shape index (κ3) is 6.63. The molecule has 0 radical (unpaired) electrons. The quantitative estimate of drug-likeness (QED) is 0.260. The number of carbonyl (C=O) groups is 1. The van der Waals surface area contributed by atoms with Crippen molar-refractivity contribution in [2.45, 2.75) is 53.2 Å². The van der Waals surface area contributed by atoms with Crippen LogP contribution in [0.15, 0.2) is 72.3 Å². The van der Waals surface area contributed by atoms with Gasteiger partial charge in [0.25, 0.3) is 0 Å². The molecule has 0 saturated carbocycles. The molecule has 2 unspecified atom stereocenters. The third-order valence-electron chi connectivity index (χ3n) is 7.37. The van der Waals surface area contributed by atoms with Crippen molar-refractivity contribution >= 4 is 17.3 Å². The van der Waals surface area contributed by atoms with Gasteiger partial charge in [-0.25, -0.2) is 0 Å². The second-order valence-corrected chi connectivity index (χ2v) is 10.2. The molecule has 0 heterocycles. The van der Waals surface area contributed by atoms with E-state index in [1.54, 1.807) is 0 Å². The van der Waals surface area contributed by atoms with E-state index in [4.69, 9.17) is 4.74 Å². The number of nitrogens with zero attached hydrogens (tertiary/aromatic N) is 1. The summed E-state index contributed by atoms with van der Waals surface area (Å²) < 4.78 is 5.89. The van der Waals surface area contributed by atoms with Crippen molar-refractivity contribution < 1.29 is 14.6 Å². The van der Waals surface area contributed by atoms with Crippen molar-refractivity contribution in [3.8, 4) is 5.75 Å². The molecule has 39 heavy (non-hydrogen) atoms. The van der Waals surface area contributed by atoms with E-state index in [-0.39, 0.29) is 11.9 Å². The van der Waals surface area contributed by atoms with Crippen LogP contribution in [0.1, 0.15) is 60.2 Å². The van der Waals surface area contributed by atoms with Gasteiger partial charge in [0, 0.05) is 36.6 Å². The number of amides is 1. The lowest BCUT2D eigenvalue weighted by Gasteiger charge is -2.30. The number of aryl methyl sites for hydroxylation is 3. The summed E-state index contributed by atoms with van der Waals surface area (Å²) in [6, 6.07) is 20.0. The molecular weight excluding hydrogens is 486 g/mol. The van der Waals surface area contributed by atoms with Gasteiger partial charge in [0.2, 0.25) is 5.91 Å². The van der Waals surface area contributed by atoms with Crippen molar-refractivity contribution in [2.75, 3.05) is 36.5 Å². The Kier molecular flexibility index (Phi) is 9.31. The molecule has 1 aliphatic rings. The van der Waals surface area contributed by atoms with E-state index < -0.39 is 6.10 Å². The maximum atomic E-state index is 13.2. The lowest BCUT2D eigenvalue weighted by atomic mass is 9.85. The maximum Gasteiger partial charge on any atom is 0.249 e. The Morgan fingerprint density at radius 2 is 1.69 bits per heavy atom. The molecule has 2 atom stereocenters. The van der Waals surface area contributed by atoms with Crippen molar-refractivity contribution in [3.63, 3.8) is 0 Å². The average molecular weight is 528 g/mol. The fraction of sp³-hybridized carbons (Fsp3) is 0.364. The summed E-state index contributed by atoms with van der Waals surface area (Å²) in [6.45, 7) is 13.4. The average Bonchev–Trinajstić information content (AvgIpc) is 2.93. The van der Waals surface area contributed by atoms with Crippen molar-refractivity contribution in [1.82, 2.24) is 5.32 Å². The van der Waals surface area contributed by atoms with Gasteiger partial charge < -0.3 is 25.4 Å². The molecule has 3 aromatic carbocycles. The van der Waals surface area contributed by atoms with Gasteiger partial charge in [-0.15, -0.1) is 0 Å². The number of aliphatic hydroxyl groups is 1. The first-order valence-corrected chi connectivity index (χ1v) is 13.9. The minimum absolute atomic E-state index is 0.240. The van der Waals surface area contributed by atoms with E-state index in [9.17, 15) is 9.90 Å². The Balaban J connectivity index is 1.44. The number of aliphatic hydroxyl groups excluding tert-OH is 1. The van der Waals surface area contributed by atoms with E-state index in [2.05, 4.69) is 67.5 Å². The van der Waals surface area contributed by atoms with Crippen LogP contribution in [0.25, 0.3) is 0 Å². The van der Waals surface area contributed by atoms with Crippen LogP contribution in [-0.2, 0) is 4.79 Å². The first-order valence-electron chi connectivity index (χ1n) is 13.9. The third-order valence-corrected chi connectivity index (χ3v) is 7.37. The van der Waals surface area contributed by atoms with E-state index in [1.165, 1.54) is 11.3 Å². The smallest absolute Gasteiger partial charge is 0.249 e. The highest BCUT2D eigenvalue weighted by molar-refractivity contribution is 5.95. The van der Waals surface area contributed by atoms with Crippen molar-refractivity contribution in [3.05, 3.63) is 100 Å². The van der Waals surface area contributed by atoms with Crippen molar-refractivity contribution in [1.29, 1.82) is 0 Å². The Morgan fingerprint density at radius 3 is 2.38 bits per heavy atom. The minimum atomic E-state index is -0.975. The molecule has 3 N–H and O–H groups in total. The zero-order chi connectivity index (χ0) is 27.9. The largest absolute Gasteiger partial charge is 0.493 e.